The summed E-state index contributed by atoms with van der Waals surface area (Å²) in [6.45, 7) is 0.0962. The normalized spacial score (nSPS) is 10.6. The zero-order chi connectivity index (χ0) is 13.8. The molecule has 0 atom stereocenters. The van der Waals surface area contributed by atoms with Gasteiger partial charge in [0.25, 0.3) is 0 Å². The molecule has 0 aliphatic heterocycles. The predicted octanol–water partition coefficient (Wildman–Crippen LogP) is 0.354. The molecule has 0 saturated carbocycles. The maximum absolute atomic E-state index is 11.5. The Kier molecular flexibility index (Phi) is 4.00. The van der Waals surface area contributed by atoms with E-state index in [1.807, 2.05) is 0 Å². The Morgan fingerprint density at radius 2 is 2.32 bits per heavy atom. The quantitative estimate of drug-likeness (QED) is 0.767. The fraction of sp³-hybridized carbons (Fsp3) is 0.273. The molecule has 0 spiro atoms. The topological polar surface area (TPSA) is 97.1 Å². The lowest BCUT2D eigenvalue weighted by atomic mass is 10.4. The highest BCUT2D eigenvalue weighted by Gasteiger charge is 2.14. The van der Waals surface area contributed by atoms with Crippen molar-refractivity contribution in [2.45, 2.75) is 11.7 Å². The van der Waals surface area contributed by atoms with Gasteiger partial charge in [0.05, 0.1) is 17.5 Å². The number of hydrogen-bond acceptors (Lipinski definition) is 5. The summed E-state index contributed by atoms with van der Waals surface area (Å²) in [5.41, 5.74) is 1.39. The number of carboxylic acids is 1. The van der Waals surface area contributed by atoms with E-state index in [2.05, 4.69) is 15.3 Å². The predicted molar refractivity (Wildman–Crippen MR) is 70.0 cm³/mol. The van der Waals surface area contributed by atoms with Crippen molar-refractivity contribution in [2.75, 3.05) is 12.8 Å². The smallest absolute Gasteiger partial charge is 0.313 e. The number of carbonyl (C=O) groups is 2. The molecule has 0 unspecified atom stereocenters. The second kappa shape index (κ2) is 5.70. The Balaban J connectivity index is 2.39. The molecule has 0 radical (unpaired) electrons. The van der Waals surface area contributed by atoms with Crippen molar-refractivity contribution in [2.24, 2.45) is 0 Å². The third-order valence-corrected chi connectivity index (χ3v) is 3.38. The molecule has 8 heteroatoms. The van der Waals surface area contributed by atoms with E-state index in [0.29, 0.717) is 10.7 Å². The zero-order valence-electron chi connectivity index (χ0n) is 10.2. The van der Waals surface area contributed by atoms with E-state index in [9.17, 15) is 9.59 Å². The highest BCUT2D eigenvalue weighted by atomic mass is 32.2. The number of rotatable bonds is 5. The van der Waals surface area contributed by atoms with E-state index in [1.54, 1.807) is 30.1 Å². The number of hydrogen-bond donors (Lipinski definition) is 2. The molecule has 1 amide bonds. The Morgan fingerprint density at radius 3 is 3.00 bits per heavy atom. The van der Waals surface area contributed by atoms with Crippen LogP contribution < -0.4 is 5.32 Å². The fourth-order valence-corrected chi connectivity index (χ4v) is 2.31. The summed E-state index contributed by atoms with van der Waals surface area (Å²) in [7, 11) is 1.55. The van der Waals surface area contributed by atoms with Gasteiger partial charge in [0, 0.05) is 13.2 Å². The highest BCUT2D eigenvalue weighted by molar-refractivity contribution is 7.99. The molecule has 7 nitrogen and oxygen atoms in total. The number of aliphatic carboxylic acids is 1. The van der Waals surface area contributed by atoms with Crippen LogP contribution in [0, 0.1) is 0 Å². The van der Waals surface area contributed by atoms with Crippen LogP contribution in [0.15, 0.2) is 23.6 Å². The largest absolute Gasteiger partial charge is 0.481 e. The number of carboxylic acid groups (broad SMARTS) is 1. The molecular weight excluding hydrogens is 268 g/mol. The van der Waals surface area contributed by atoms with Gasteiger partial charge in [-0.3, -0.25) is 14.6 Å². The second-order valence-electron chi connectivity index (χ2n) is 3.70. The number of carbonyl (C=O) groups excluding carboxylic acids is 1. The van der Waals surface area contributed by atoms with Crippen molar-refractivity contribution in [3.63, 3.8) is 0 Å². The summed E-state index contributed by atoms with van der Waals surface area (Å²) in [6.07, 6.45) is 3.19. The first-order valence-electron chi connectivity index (χ1n) is 5.47. The lowest BCUT2D eigenvalue weighted by Crippen LogP contribution is -2.23. The second-order valence-corrected chi connectivity index (χ2v) is 4.64. The minimum absolute atomic E-state index is 0.0962. The van der Waals surface area contributed by atoms with Gasteiger partial charge in [0.2, 0.25) is 5.91 Å². The van der Waals surface area contributed by atoms with Crippen LogP contribution in [0.3, 0.4) is 0 Å². The molecule has 0 aliphatic rings. The molecule has 2 rings (SSSR count). The molecule has 0 fully saturated rings. The first-order valence-corrected chi connectivity index (χ1v) is 6.46. The average Bonchev–Trinajstić information content (AvgIpc) is 2.74. The lowest BCUT2D eigenvalue weighted by molar-refractivity contribution is -0.133. The Bertz CT molecular complexity index is 625. The third kappa shape index (κ3) is 3.02. The van der Waals surface area contributed by atoms with Crippen LogP contribution >= 0.6 is 11.8 Å². The van der Waals surface area contributed by atoms with Gasteiger partial charge < -0.3 is 15.0 Å². The van der Waals surface area contributed by atoms with Crippen molar-refractivity contribution >= 4 is 34.7 Å². The Labute approximate surface area is 113 Å². The summed E-state index contributed by atoms with van der Waals surface area (Å²) in [5.74, 6) is -1.21. The van der Waals surface area contributed by atoms with Gasteiger partial charge >= 0.3 is 5.97 Å². The molecule has 0 bridgehead atoms. The molecule has 0 aromatic carbocycles. The van der Waals surface area contributed by atoms with Gasteiger partial charge in [-0.05, 0) is 6.07 Å². The number of imidazole rings is 1. The Hall–Kier alpha value is -2.09. The highest BCUT2D eigenvalue weighted by Crippen LogP contribution is 2.23. The van der Waals surface area contributed by atoms with Crippen LogP contribution in [-0.2, 0) is 16.1 Å². The van der Waals surface area contributed by atoms with Crippen LogP contribution in [0.1, 0.15) is 0 Å². The number of thioether (sulfide) groups is 1. The van der Waals surface area contributed by atoms with Crippen molar-refractivity contribution in [1.82, 2.24) is 19.9 Å². The number of nitrogens with one attached hydrogen (secondary N) is 1. The van der Waals surface area contributed by atoms with E-state index >= 15 is 0 Å². The van der Waals surface area contributed by atoms with Crippen LogP contribution in [-0.4, -0.2) is 44.3 Å². The maximum atomic E-state index is 11.5. The van der Waals surface area contributed by atoms with Gasteiger partial charge in [-0.15, -0.1) is 0 Å². The van der Waals surface area contributed by atoms with Gasteiger partial charge in [-0.25, -0.2) is 4.98 Å². The maximum Gasteiger partial charge on any atom is 0.313 e. The molecule has 19 heavy (non-hydrogen) atoms. The number of nitrogens with zero attached hydrogens (tertiary/aromatic N) is 3. The van der Waals surface area contributed by atoms with Crippen molar-refractivity contribution in [3.05, 3.63) is 18.5 Å². The van der Waals surface area contributed by atoms with Gasteiger partial charge in [0.1, 0.15) is 12.1 Å². The van der Waals surface area contributed by atoms with E-state index in [0.717, 1.165) is 17.3 Å². The Morgan fingerprint density at radius 1 is 1.53 bits per heavy atom. The summed E-state index contributed by atoms with van der Waals surface area (Å²) >= 11 is 1.08. The molecule has 2 aromatic heterocycles. The van der Waals surface area contributed by atoms with Crippen molar-refractivity contribution in [1.29, 1.82) is 0 Å². The summed E-state index contributed by atoms with van der Waals surface area (Å²) in [5, 5.41) is 11.7. The minimum Gasteiger partial charge on any atom is -0.481 e. The van der Waals surface area contributed by atoms with Gasteiger partial charge in [-0.2, -0.15) is 0 Å². The molecule has 0 aliphatic carbocycles. The van der Waals surface area contributed by atoms with E-state index in [1.165, 1.54) is 0 Å². The summed E-state index contributed by atoms with van der Waals surface area (Å²) in [6, 6.07) is 1.75. The van der Waals surface area contributed by atoms with E-state index in [-0.39, 0.29) is 18.2 Å². The van der Waals surface area contributed by atoms with Crippen LogP contribution in [0.25, 0.3) is 11.0 Å². The van der Waals surface area contributed by atoms with Gasteiger partial charge in [0.15, 0.2) is 5.16 Å². The van der Waals surface area contributed by atoms with Gasteiger partial charge in [-0.1, -0.05) is 11.8 Å². The standard InChI is InChI=1S/C11H12N4O3S/c1-12-9(16)5-15-8-2-3-13-4-7(8)14-11(15)19-6-10(17)18/h2-4H,5-6H2,1H3,(H,12,16)(H,17,18). The zero-order valence-corrected chi connectivity index (χ0v) is 11.0. The molecular formula is C11H12N4O3S. The molecule has 2 N–H and O–H groups in total. The monoisotopic (exact) mass is 280 g/mol. The number of likely N-dealkylation sites (N-methyl/N-ethyl adjacent to an activating group) is 1. The van der Waals surface area contributed by atoms with Crippen molar-refractivity contribution in [3.8, 4) is 0 Å². The number of pyridine rings is 1. The molecule has 0 saturated heterocycles. The first-order chi connectivity index (χ1) is 9.11. The number of aromatic nitrogens is 3. The summed E-state index contributed by atoms with van der Waals surface area (Å²) < 4.78 is 1.68. The third-order valence-electron chi connectivity index (χ3n) is 2.42. The van der Waals surface area contributed by atoms with Crippen LogP contribution in [0.5, 0.6) is 0 Å². The van der Waals surface area contributed by atoms with E-state index < -0.39 is 5.97 Å². The molecule has 100 valence electrons. The average molecular weight is 280 g/mol. The SMILES string of the molecule is CNC(=O)Cn1c(SCC(=O)O)nc2cnccc21. The van der Waals surface area contributed by atoms with Crippen molar-refractivity contribution < 1.29 is 14.7 Å². The first kappa shape index (κ1) is 13.3. The molecule has 2 aromatic rings. The van der Waals surface area contributed by atoms with Crippen LogP contribution in [0.4, 0.5) is 0 Å². The fourth-order valence-electron chi connectivity index (χ4n) is 1.57. The number of amides is 1. The van der Waals surface area contributed by atoms with Crippen LogP contribution in [0.2, 0.25) is 0 Å². The van der Waals surface area contributed by atoms with E-state index in [4.69, 9.17) is 5.11 Å². The summed E-state index contributed by atoms with van der Waals surface area (Å²) in [4.78, 5) is 30.4. The minimum atomic E-state index is -0.929. The number of fused-ring (bicyclic) bond motifs is 1. The molecule has 2 heterocycles. The lowest BCUT2D eigenvalue weighted by Gasteiger charge is -2.06.